The molecule has 0 fully saturated rings. The predicted molar refractivity (Wildman–Crippen MR) is 86.3 cm³/mol. The maximum absolute atomic E-state index is 12.9. The Morgan fingerprint density at radius 1 is 0.682 bits per heavy atom. The van der Waals surface area contributed by atoms with Crippen molar-refractivity contribution in [2.24, 2.45) is 0 Å². The molecule has 0 radical (unpaired) electrons. The summed E-state index contributed by atoms with van der Waals surface area (Å²) in [4.78, 5) is 0. The van der Waals surface area contributed by atoms with Crippen LogP contribution < -0.4 is 0 Å². The lowest BCUT2D eigenvalue weighted by atomic mass is 10.1. The van der Waals surface area contributed by atoms with Gasteiger partial charge in [0.15, 0.2) is 0 Å². The SMILES string of the molecule is Cc1ccc(O)cc1.Oc1ccc(-c2cccc(F)c2)cc1. The molecule has 0 atom stereocenters. The molecule has 0 spiro atoms. The van der Waals surface area contributed by atoms with Crippen LogP contribution in [0.1, 0.15) is 5.56 Å². The van der Waals surface area contributed by atoms with Gasteiger partial charge in [0.2, 0.25) is 0 Å². The Hall–Kier alpha value is -2.81. The van der Waals surface area contributed by atoms with Gasteiger partial charge < -0.3 is 10.2 Å². The van der Waals surface area contributed by atoms with Crippen LogP contribution in [0.5, 0.6) is 11.5 Å². The molecule has 2 nitrogen and oxygen atoms in total. The van der Waals surface area contributed by atoms with E-state index >= 15 is 0 Å². The molecule has 0 aliphatic heterocycles. The Balaban J connectivity index is 0.000000188. The first-order valence-electron chi connectivity index (χ1n) is 6.85. The van der Waals surface area contributed by atoms with Gasteiger partial charge in [-0.2, -0.15) is 0 Å². The van der Waals surface area contributed by atoms with E-state index in [0.29, 0.717) is 5.75 Å². The molecule has 3 heteroatoms. The van der Waals surface area contributed by atoms with Crippen molar-refractivity contribution in [3.63, 3.8) is 0 Å². The number of rotatable bonds is 1. The van der Waals surface area contributed by atoms with Crippen molar-refractivity contribution in [1.29, 1.82) is 0 Å². The third kappa shape index (κ3) is 4.63. The van der Waals surface area contributed by atoms with Gasteiger partial charge in [-0.15, -0.1) is 0 Å². The van der Waals surface area contributed by atoms with Gasteiger partial charge in [-0.3, -0.25) is 0 Å². The molecule has 22 heavy (non-hydrogen) atoms. The van der Waals surface area contributed by atoms with Crippen molar-refractivity contribution in [1.82, 2.24) is 0 Å². The molecule has 0 saturated heterocycles. The topological polar surface area (TPSA) is 40.5 Å². The van der Waals surface area contributed by atoms with Crippen LogP contribution in [0.3, 0.4) is 0 Å². The van der Waals surface area contributed by atoms with Gasteiger partial charge in [-0.1, -0.05) is 42.0 Å². The van der Waals surface area contributed by atoms with Crippen molar-refractivity contribution in [3.8, 4) is 22.6 Å². The number of hydrogen-bond acceptors (Lipinski definition) is 2. The van der Waals surface area contributed by atoms with Gasteiger partial charge in [-0.25, -0.2) is 4.39 Å². The van der Waals surface area contributed by atoms with E-state index in [9.17, 15) is 4.39 Å². The molecule has 3 rings (SSSR count). The minimum atomic E-state index is -0.254. The van der Waals surface area contributed by atoms with E-state index in [2.05, 4.69) is 0 Å². The molecule has 112 valence electrons. The maximum atomic E-state index is 12.9. The average molecular weight is 296 g/mol. The van der Waals surface area contributed by atoms with Crippen molar-refractivity contribution < 1.29 is 14.6 Å². The molecule has 0 amide bonds. The van der Waals surface area contributed by atoms with Crippen LogP contribution in [0.25, 0.3) is 11.1 Å². The van der Waals surface area contributed by atoms with Gasteiger partial charge in [0, 0.05) is 0 Å². The van der Waals surface area contributed by atoms with Crippen molar-refractivity contribution in [2.75, 3.05) is 0 Å². The van der Waals surface area contributed by atoms with E-state index in [4.69, 9.17) is 10.2 Å². The molecular weight excluding hydrogens is 279 g/mol. The number of phenols is 2. The standard InChI is InChI=1S/C12H9FO.C7H8O/c13-11-3-1-2-10(8-11)9-4-6-12(14)7-5-9;1-6-2-4-7(8)5-3-6/h1-8,14H;2-5,8H,1H3. The summed E-state index contributed by atoms with van der Waals surface area (Å²) in [6.45, 7) is 1.99. The Kier molecular flexibility index (Phi) is 5.15. The summed E-state index contributed by atoms with van der Waals surface area (Å²) >= 11 is 0. The van der Waals surface area contributed by atoms with Gasteiger partial charge in [0.25, 0.3) is 0 Å². The first-order valence-corrected chi connectivity index (χ1v) is 6.85. The number of phenolic OH excluding ortho intramolecular Hbond substituents is 2. The summed E-state index contributed by atoms with van der Waals surface area (Å²) in [5.41, 5.74) is 2.87. The summed E-state index contributed by atoms with van der Waals surface area (Å²) in [7, 11) is 0. The smallest absolute Gasteiger partial charge is 0.123 e. The lowest BCUT2D eigenvalue weighted by molar-refractivity contribution is 0.474. The zero-order valence-electron chi connectivity index (χ0n) is 12.2. The highest BCUT2D eigenvalue weighted by molar-refractivity contribution is 5.63. The number of aromatic hydroxyl groups is 2. The fourth-order valence-electron chi connectivity index (χ4n) is 1.87. The van der Waals surface area contributed by atoms with Crippen molar-refractivity contribution in [3.05, 3.63) is 84.2 Å². The summed E-state index contributed by atoms with van der Waals surface area (Å²) < 4.78 is 12.9. The largest absolute Gasteiger partial charge is 0.508 e. The van der Waals surface area contributed by atoms with Crippen molar-refractivity contribution >= 4 is 0 Å². The predicted octanol–water partition coefficient (Wildman–Crippen LogP) is 4.90. The number of hydrogen-bond donors (Lipinski definition) is 2. The third-order valence-electron chi connectivity index (χ3n) is 3.06. The Bertz CT molecular complexity index is 698. The third-order valence-corrected chi connectivity index (χ3v) is 3.06. The molecule has 3 aromatic carbocycles. The van der Waals surface area contributed by atoms with Gasteiger partial charge in [0.05, 0.1) is 0 Å². The molecule has 0 aliphatic rings. The van der Waals surface area contributed by atoms with Crippen LogP contribution in [0.2, 0.25) is 0 Å². The Labute approximate surface area is 129 Å². The fourth-order valence-corrected chi connectivity index (χ4v) is 1.87. The van der Waals surface area contributed by atoms with Crippen LogP contribution in [-0.4, -0.2) is 10.2 Å². The summed E-state index contributed by atoms with van der Waals surface area (Å²) in [5.74, 6) is 0.288. The lowest BCUT2D eigenvalue weighted by Crippen LogP contribution is -1.78. The van der Waals surface area contributed by atoms with Gasteiger partial charge in [-0.05, 0) is 54.4 Å². The summed E-state index contributed by atoms with van der Waals surface area (Å²) in [6, 6.07) is 20.1. The number of halogens is 1. The van der Waals surface area contributed by atoms with E-state index in [0.717, 1.165) is 11.1 Å². The van der Waals surface area contributed by atoms with Crippen LogP contribution >= 0.6 is 0 Å². The molecule has 0 saturated carbocycles. The normalized spacial score (nSPS) is 9.73. The monoisotopic (exact) mass is 296 g/mol. The lowest BCUT2D eigenvalue weighted by Gasteiger charge is -2.01. The highest BCUT2D eigenvalue weighted by Crippen LogP contribution is 2.22. The molecular formula is C19H17FO2. The molecule has 2 N–H and O–H groups in total. The van der Waals surface area contributed by atoms with Gasteiger partial charge in [0.1, 0.15) is 17.3 Å². The number of aryl methyl sites for hydroxylation is 1. The molecule has 0 aromatic heterocycles. The first kappa shape index (κ1) is 15.6. The second-order valence-electron chi connectivity index (χ2n) is 4.89. The molecule has 0 bridgehead atoms. The highest BCUT2D eigenvalue weighted by Gasteiger charge is 1.98. The number of benzene rings is 3. The fraction of sp³-hybridized carbons (Fsp3) is 0.0526. The van der Waals surface area contributed by atoms with Gasteiger partial charge >= 0.3 is 0 Å². The zero-order chi connectivity index (χ0) is 15.9. The second-order valence-corrected chi connectivity index (χ2v) is 4.89. The van der Waals surface area contributed by atoms with E-state index in [1.807, 2.05) is 25.1 Å². The Morgan fingerprint density at radius 2 is 1.23 bits per heavy atom. The van der Waals surface area contributed by atoms with E-state index in [1.54, 1.807) is 42.5 Å². The van der Waals surface area contributed by atoms with Crippen LogP contribution in [0.15, 0.2) is 72.8 Å². The zero-order valence-corrected chi connectivity index (χ0v) is 12.2. The minimum Gasteiger partial charge on any atom is -0.508 e. The Morgan fingerprint density at radius 3 is 1.73 bits per heavy atom. The van der Waals surface area contributed by atoms with Crippen LogP contribution in [0.4, 0.5) is 4.39 Å². The van der Waals surface area contributed by atoms with Crippen molar-refractivity contribution in [2.45, 2.75) is 6.92 Å². The molecule has 0 aliphatic carbocycles. The van der Waals surface area contributed by atoms with Crippen LogP contribution in [-0.2, 0) is 0 Å². The summed E-state index contributed by atoms with van der Waals surface area (Å²) in [5, 5.41) is 17.8. The second kappa shape index (κ2) is 7.27. The first-order chi connectivity index (χ1) is 10.5. The average Bonchev–Trinajstić information content (AvgIpc) is 2.52. The summed E-state index contributed by atoms with van der Waals surface area (Å²) in [6.07, 6.45) is 0. The quantitative estimate of drug-likeness (QED) is 0.670. The maximum Gasteiger partial charge on any atom is 0.123 e. The van der Waals surface area contributed by atoms with E-state index < -0.39 is 0 Å². The molecule has 3 aromatic rings. The van der Waals surface area contributed by atoms with Crippen LogP contribution in [0, 0.1) is 12.7 Å². The molecule has 0 unspecified atom stereocenters. The van der Waals surface area contributed by atoms with E-state index in [1.165, 1.54) is 17.7 Å². The van der Waals surface area contributed by atoms with E-state index in [-0.39, 0.29) is 11.6 Å². The molecule has 0 heterocycles. The highest BCUT2D eigenvalue weighted by atomic mass is 19.1. The minimum absolute atomic E-state index is 0.213.